The molecule has 0 radical (unpaired) electrons. The number of nitrogen functional groups attached to an aromatic ring is 1. The summed E-state index contributed by atoms with van der Waals surface area (Å²) < 4.78 is 15.6. The zero-order valence-electron chi connectivity index (χ0n) is 17.3. The number of nitrogens with zero attached hydrogens (tertiary/aromatic N) is 3. The fraction of sp³-hybridized carbons (Fsp3) is 0.0800. The number of nitrogens with one attached hydrogen (secondary N) is 1. The molecule has 32 heavy (non-hydrogen) atoms. The standard InChI is InChI=1S/C25H20FN5O/c1-31-16-21(15-30-31)20-11-19(24(27)28-14-20)8-7-18-9-10-22(26)12-23(18)25(32)29-13-17-5-3-2-4-6-17/h2-6,9-12,14-16H,13H2,1H3,(H2,27,28)(H,29,32). The van der Waals surface area contributed by atoms with Gasteiger partial charge in [-0.05, 0) is 29.8 Å². The highest BCUT2D eigenvalue weighted by Gasteiger charge is 2.12. The molecule has 0 aliphatic rings. The van der Waals surface area contributed by atoms with Crippen LogP contribution in [0.5, 0.6) is 0 Å². The minimum Gasteiger partial charge on any atom is -0.383 e. The Kier molecular flexibility index (Phi) is 5.95. The number of halogens is 1. The summed E-state index contributed by atoms with van der Waals surface area (Å²) in [5.74, 6) is 5.25. The topological polar surface area (TPSA) is 85.8 Å². The van der Waals surface area contributed by atoms with Crippen LogP contribution in [0, 0.1) is 17.7 Å². The average molecular weight is 425 g/mol. The monoisotopic (exact) mass is 425 g/mol. The number of aryl methyl sites for hydroxylation is 1. The zero-order chi connectivity index (χ0) is 22.5. The number of hydrogen-bond donors (Lipinski definition) is 2. The predicted octanol–water partition coefficient (Wildman–Crippen LogP) is 3.53. The smallest absolute Gasteiger partial charge is 0.252 e. The van der Waals surface area contributed by atoms with E-state index in [1.165, 1.54) is 18.2 Å². The lowest BCUT2D eigenvalue weighted by Crippen LogP contribution is -2.23. The van der Waals surface area contributed by atoms with E-state index in [0.717, 1.165) is 16.7 Å². The van der Waals surface area contributed by atoms with Crippen LogP contribution in [0.15, 0.2) is 73.2 Å². The van der Waals surface area contributed by atoms with Gasteiger partial charge in [0.2, 0.25) is 0 Å². The molecule has 1 amide bonds. The van der Waals surface area contributed by atoms with Crippen molar-refractivity contribution in [1.82, 2.24) is 20.1 Å². The molecule has 0 aliphatic heterocycles. The minimum absolute atomic E-state index is 0.156. The Labute approximate surface area is 184 Å². The van der Waals surface area contributed by atoms with E-state index in [-0.39, 0.29) is 11.4 Å². The van der Waals surface area contributed by atoms with Crippen molar-refractivity contribution in [3.63, 3.8) is 0 Å². The first kappa shape index (κ1) is 20.8. The van der Waals surface area contributed by atoms with Gasteiger partial charge in [0.1, 0.15) is 11.6 Å². The summed E-state index contributed by atoms with van der Waals surface area (Å²) in [6.07, 6.45) is 5.23. The molecule has 0 bridgehead atoms. The summed E-state index contributed by atoms with van der Waals surface area (Å²) in [6, 6.07) is 15.2. The van der Waals surface area contributed by atoms with E-state index in [4.69, 9.17) is 5.73 Å². The van der Waals surface area contributed by atoms with Crippen molar-refractivity contribution in [3.8, 4) is 23.0 Å². The van der Waals surface area contributed by atoms with E-state index >= 15 is 0 Å². The van der Waals surface area contributed by atoms with Gasteiger partial charge in [-0.25, -0.2) is 9.37 Å². The fourth-order valence-electron chi connectivity index (χ4n) is 3.13. The third-order valence-electron chi connectivity index (χ3n) is 4.81. The molecule has 7 heteroatoms. The van der Waals surface area contributed by atoms with Gasteiger partial charge in [-0.1, -0.05) is 42.2 Å². The molecule has 0 unspecified atom stereocenters. The summed E-state index contributed by atoms with van der Waals surface area (Å²) in [7, 11) is 1.83. The lowest BCUT2D eigenvalue weighted by Gasteiger charge is -2.07. The summed E-state index contributed by atoms with van der Waals surface area (Å²) in [5.41, 5.74) is 9.69. The van der Waals surface area contributed by atoms with Crippen molar-refractivity contribution in [3.05, 3.63) is 101 Å². The number of nitrogens with two attached hydrogens (primary N) is 1. The maximum atomic E-state index is 13.9. The van der Waals surface area contributed by atoms with Gasteiger partial charge in [0.15, 0.2) is 0 Å². The molecule has 0 aliphatic carbocycles. The molecule has 4 rings (SSSR count). The highest BCUT2D eigenvalue weighted by molar-refractivity contribution is 5.96. The first-order chi connectivity index (χ1) is 15.5. The van der Waals surface area contributed by atoms with Crippen LogP contribution in [-0.4, -0.2) is 20.7 Å². The van der Waals surface area contributed by atoms with E-state index in [2.05, 4.69) is 27.2 Å². The number of benzene rings is 2. The van der Waals surface area contributed by atoms with Crippen molar-refractivity contribution < 1.29 is 9.18 Å². The predicted molar refractivity (Wildman–Crippen MR) is 121 cm³/mol. The van der Waals surface area contributed by atoms with Crippen LogP contribution in [0.1, 0.15) is 27.0 Å². The molecule has 158 valence electrons. The summed E-state index contributed by atoms with van der Waals surface area (Å²) >= 11 is 0. The SMILES string of the molecule is Cn1cc(-c2cnc(N)c(C#Cc3ccc(F)cc3C(=O)NCc3ccccc3)c2)cn1. The van der Waals surface area contributed by atoms with Crippen LogP contribution in [-0.2, 0) is 13.6 Å². The van der Waals surface area contributed by atoms with Gasteiger partial charge in [-0.3, -0.25) is 9.48 Å². The molecule has 3 N–H and O–H groups in total. The molecule has 6 nitrogen and oxygen atoms in total. The number of hydrogen-bond acceptors (Lipinski definition) is 4. The third-order valence-corrected chi connectivity index (χ3v) is 4.81. The molecule has 2 heterocycles. The number of aromatic nitrogens is 3. The Morgan fingerprint density at radius 1 is 1.06 bits per heavy atom. The molecular formula is C25H20FN5O. The van der Waals surface area contributed by atoms with Gasteiger partial charge in [0.25, 0.3) is 5.91 Å². The fourth-order valence-corrected chi connectivity index (χ4v) is 3.13. The van der Waals surface area contributed by atoms with Gasteiger partial charge < -0.3 is 11.1 Å². The molecule has 0 saturated heterocycles. The largest absolute Gasteiger partial charge is 0.383 e. The van der Waals surface area contributed by atoms with Crippen LogP contribution in [0.25, 0.3) is 11.1 Å². The van der Waals surface area contributed by atoms with E-state index in [9.17, 15) is 9.18 Å². The summed E-state index contributed by atoms with van der Waals surface area (Å²) in [5, 5.41) is 6.96. The van der Waals surface area contributed by atoms with E-state index < -0.39 is 11.7 Å². The lowest BCUT2D eigenvalue weighted by atomic mass is 10.1. The number of anilines is 1. The van der Waals surface area contributed by atoms with Crippen molar-refractivity contribution in [2.75, 3.05) is 5.73 Å². The second-order valence-electron chi connectivity index (χ2n) is 7.17. The van der Waals surface area contributed by atoms with Gasteiger partial charge in [0, 0.05) is 42.7 Å². The van der Waals surface area contributed by atoms with E-state index in [1.54, 1.807) is 17.1 Å². The molecule has 4 aromatic rings. The van der Waals surface area contributed by atoms with Crippen LogP contribution in [0.2, 0.25) is 0 Å². The number of carbonyl (C=O) groups is 1. The van der Waals surface area contributed by atoms with Crippen molar-refractivity contribution in [1.29, 1.82) is 0 Å². The molecule has 0 fully saturated rings. The maximum absolute atomic E-state index is 13.9. The Morgan fingerprint density at radius 2 is 1.84 bits per heavy atom. The molecule has 0 atom stereocenters. The van der Waals surface area contributed by atoms with E-state index in [0.29, 0.717) is 17.7 Å². The Bertz CT molecular complexity index is 1340. The molecule has 0 spiro atoms. The quantitative estimate of drug-likeness (QED) is 0.490. The van der Waals surface area contributed by atoms with Gasteiger partial charge in [0.05, 0.1) is 17.3 Å². The van der Waals surface area contributed by atoms with Crippen LogP contribution in [0.4, 0.5) is 10.2 Å². The average Bonchev–Trinajstić information content (AvgIpc) is 3.24. The highest BCUT2D eigenvalue weighted by Crippen LogP contribution is 2.21. The molecule has 0 saturated carbocycles. The number of rotatable bonds is 4. The molecule has 2 aromatic heterocycles. The van der Waals surface area contributed by atoms with Crippen LogP contribution in [0.3, 0.4) is 0 Å². The molecular weight excluding hydrogens is 405 g/mol. The van der Waals surface area contributed by atoms with E-state index in [1.807, 2.05) is 49.6 Å². The van der Waals surface area contributed by atoms with Crippen LogP contribution < -0.4 is 11.1 Å². The van der Waals surface area contributed by atoms with Crippen molar-refractivity contribution in [2.45, 2.75) is 6.54 Å². The van der Waals surface area contributed by atoms with Gasteiger partial charge in [-0.15, -0.1) is 0 Å². The van der Waals surface area contributed by atoms with Crippen molar-refractivity contribution >= 4 is 11.7 Å². The van der Waals surface area contributed by atoms with Gasteiger partial charge in [-0.2, -0.15) is 5.10 Å². The lowest BCUT2D eigenvalue weighted by molar-refractivity contribution is 0.0950. The first-order valence-corrected chi connectivity index (χ1v) is 9.88. The summed E-state index contributed by atoms with van der Waals surface area (Å²) in [4.78, 5) is 16.9. The number of carbonyl (C=O) groups excluding carboxylic acids is 1. The Balaban J connectivity index is 1.61. The summed E-state index contributed by atoms with van der Waals surface area (Å²) in [6.45, 7) is 0.326. The Morgan fingerprint density at radius 3 is 2.59 bits per heavy atom. The number of amides is 1. The van der Waals surface area contributed by atoms with Gasteiger partial charge >= 0.3 is 0 Å². The minimum atomic E-state index is -0.514. The maximum Gasteiger partial charge on any atom is 0.252 e. The second kappa shape index (κ2) is 9.14. The zero-order valence-corrected chi connectivity index (χ0v) is 17.3. The second-order valence-corrected chi connectivity index (χ2v) is 7.17. The highest BCUT2D eigenvalue weighted by atomic mass is 19.1. The normalized spacial score (nSPS) is 10.3. The number of pyridine rings is 1. The van der Waals surface area contributed by atoms with Crippen LogP contribution >= 0.6 is 0 Å². The molecule has 2 aromatic carbocycles. The first-order valence-electron chi connectivity index (χ1n) is 9.88. The Hall–Kier alpha value is -4.44. The van der Waals surface area contributed by atoms with Crippen molar-refractivity contribution in [2.24, 2.45) is 7.05 Å². The third kappa shape index (κ3) is 4.82.